The molecule has 104 valence electrons. The van der Waals surface area contributed by atoms with Crippen LogP contribution >= 0.6 is 11.8 Å². The van der Waals surface area contributed by atoms with Gasteiger partial charge in [0.15, 0.2) is 0 Å². The Morgan fingerprint density at radius 2 is 1.89 bits per heavy atom. The number of thioether (sulfide) groups is 1. The molecule has 0 radical (unpaired) electrons. The number of rotatable bonds is 8. The van der Waals surface area contributed by atoms with Gasteiger partial charge in [0.05, 0.1) is 11.5 Å². The fourth-order valence-corrected chi connectivity index (χ4v) is 2.56. The first-order chi connectivity index (χ1) is 8.68. The summed E-state index contributed by atoms with van der Waals surface area (Å²) >= 11 is 1.13. The lowest BCUT2D eigenvalue weighted by atomic mass is 10.1. The third kappa shape index (κ3) is 7.55. The van der Waals surface area contributed by atoms with E-state index in [-0.39, 0.29) is 17.4 Å². The molecular formula is C12H22N2O3S. The number of likely N-dealkylation sites (tertiary alicyclic amines) is 1. The van der Waals surface area contributed by atoms with Crippen molar-refractivity contribution in [2.45, 2.75) is 25.7 Å². The summed E-state index contributed by atoms with van der Waals surface area (Å²) in [4.78, 5) is 24.0. The van der Waals surface area contributed by atoms with Crippen molar-refractivity contribution >= 4 is 23.6 Å². The summed E-state index contributed by atoms with van der Waals surface area (Å²) in [6.45, 7) is 4.09. The first-order valence-electron chi connectivity index (χ1n) is 6.47. The van der Waals surface area contributed by atoms with E-state index in [4.69, 9.17) is 5.11 Å². The van der Waals surface area contributed by atoms with Gasteiger partial charge in [0.25, 0.3) is 0 Å². The summed E-state index contributed by atoms with van der Waals surface area (Å²) in [5.74, 6) is -0.727. The second kappa shape index (κ2) is 9.22. The molecule has 0 saturated carbocycles. The second-order valence-electron chi connectivity index (χ2n) is 4.49. The molecule has 0 aromatic carbocycles. The van der Waals surface area contributed by atoms with Crippen LogP contribution in [0.25, 0.3) is 0 Å². The summed E-state index contributed by atoms with van der Waals surface area (Å²) in [5, 5.41) is 11.2. The van der Waals surface area contributed by atoms with Gasteiger partial charge in [0, 0.05) is 6.54 Å². The monoisotopic (exact) mass is 274 g/mol. The predicted octanol–water partition coefficient (Wildman–Crippen LogP) is 0.796. The van der Waals surface area contributed by atoms with Crippen LogP contribution in [0.1, 0.15) is 25.7 Å². The molecule has 0 spiro atoms. The van der Waals surface area contributed by atoms with Crippen molar-refractivity contribution in [3.63, 3.8) is 0 Å². The van der Waals surface area contributed by atoms with Crippen LogP contribution in [0.2, 0.25) is 0 Å². The molecule has 0 atom stereocenters. The Kier molecular flexibility index (Phi) is 7.84. The Balaban J connectivity index is 1.93. The first kappa shape index (κ1) is 15.3. The lowest BCUT2D eigenvalue weighted by Gasteiger charge is -2.26. The first-order valence-corrected chi connectivity index (χ1v) is 7.62. The van der Waals surface area contributed by atoms with Crippen molar-refractivity contribution in [3.05, 3.63) is 0 Å². The Morgan fingerprint density at radius 1 is 1.17 bits per heavy atom. The number of nitrogens with zero attached hydrogens (tertiary/aromatic N) is 1. The van der Waals surface area contributed by atoms with Crippen LogP contribution in [0.15, 0.2) is 0 Å². The number of aliphatic carboxylic acids is 1. The maximum absolute atomic E-state index is 11.3. The third-order valence-corrected chi connectivity index (χ3v) is 3.80. The average molecular weight is 274 g/mol. The molecule has 1 aliphatic heterocycles. The molecule has 0 aliphatic carbocycles. The molecule has 1 heterocycles. The zero-order chi connectivity index (χ0) is 13.2. The van der Waals surface area contributed by atoms with Crippen molar-refractivity contribution in [2.24, 2.45) is 0 Å². The molecule has 0 unspecified atom stereocenters. The van der Waals surface area contributed by atoms with Gasteiger partial charge in [-0.1, -0.05) is 6.42 Å². The van der Waals surface area contributed by atoms with E-state index in [1.54, 1.807) is 0 Å². The molecule has 0 aromatic heterocycles. The molecule has 1 saturated heterocycles. The van der Waals surface area contributed by atoms with Gasteiger partial charge in [-0.15, -0.1) is 11.8 Å². The van der Waals surface area contributed by atoms with Crippen molar-refractivity contribution in [1.82, 2.24) is 10.2 Å². The highest BCUT2D eigenvalue weighted by molar-refractivity contribution is 8.00. The SMILES string of the molecule is O=C(O)CSCC(=O)NCCCN1CCCCC1. The van der Waals surface area contributed by atoms with E-state index in [0.29, 0.717) is 6.54 Å². The number of nitrogens with one attached hydrogen (secondary N) is 1. The van der Waals surface area contributed by atoms with Crippen LogP contribution in [0, 0.1) is 0 Å². The van der Waals surface area contributed by atoms with Crippen LogP contribution in [0.4, 0.5) is 0 Å². The molecule has 18 heavy (non-hydrogen) atoms. The minimum atomic E-state index is -0.877. The Bertz CT molecular complexity index is 268. The largest absolute Gasteiger partial charge is 0.481 e. The molecule has 1 aliphatic rings. The smallest absolute Gasteiger partial charge is 0.313 e. The maximum Gasteiger partial charge on any atom is 0.313 e. The lowest BCUT2D eigenvalue weighted by molar-refractivity contribution is -0.133. The zero-order valence-electron chi connectivity index (χ0n) is 10.7. The predicted molar refractivity (Wildman–Crippen MR) is 72.9 cm³/mol. The lowest BCUT2D eigenvalue weighted by Crippen LogP contribution is -2.33. The number of hydrogen-bond acceptors (Lipinski definition) is 4. The molecule has 0 aromatic rings. The average Bonchev–Trinajstić information content (AvgIpc) is 2.35. The molecule has 0 bridgehead atoms. The normalized spacial score (nSPS) is 16.4. The number of carbonyl (C=O) groups is 2. The highest BCUT2D eigenvalue weighted by Crippen LogP contribution is 2.08. The molecule has 5 nitrogen and oxygen atoms in total. The molecular weight excluding hydrogens is 252 g/mol. The highest BCUT2D eigenvalue weighted by atomic mass is 32.2. The number of carbonyl (C=O) groups excluding carboxylic acids is 1. The minimum absolute atomic E-state index is 0.0127. The van der Waals surface area contributed by atoms with E-state index < -0.39 is 5.97 Å². The zero-order valence-corrected chi connectivity index (χ0v) is 11.5. The highest BCUT2D eigenvalue weighted by Gasteiger charge is 2.09. The second-order valence-corrected chi connectivity index (χ2v) is 5.48. The number of carboxylic acid groups (broad SMARTS) is 1. The van der Waals surface area contributed by atoms with E-state index in [9.17, 15) is 9.59 Å². The van der Waals surface area contributed by atoms with E-state index >= 15 is 0 Å². The number of hydrogen-bond donors (Lipinski definition) is 2. The van der Waals surface area contributed by atoms with Crippen molar-refractivity contribution in [2.75, 3.05) is 37.7 Å². The standard InChI is InChI=1S/C12H22N2O3S/c15-11(9-18-10-12(16)17)13-5-4-8-14-6-2-1-3-7-14/h1-10H2,(H,13,15)(H,16,17). The fraction of sp³-hybridized carbons (Fsp3) is 0.833. The topological polar surface area (TPSA) is 69.6 Å². The van der Waals surface area contributed by atoms with E-state index in [0.717, 1.165) is 24.7 Å². The summed E-state index contributed by atoms with van der Waals surface area (Å²) < 4.78 is 0. The third-order valence-electron chi connectivity index (χ3n) is 2.88. The quantitative estimate of drug-likeness (QED) is 0.641. The van der Waals surface area contributed by atoms with Crippen molar-refractivity contribution in [1.29, 1.82) is 0 Å². The number of amides is 1. The minimum Gasteiger partial charge on any atom is -0.481 e. The van der Waals surface area contributed by atoms with Crippen molar-refractivity contribution < 1.29 is 14.7 Å². The van der Waals surface area contributed by atoms with Crippen molar-refractivity contribution in [3.8, 4) is 0 Å². The van der Waals surface area contributed by atoms with Gasteiger partial charge in [-0.3, -0.25) is 9.59 Å². The molecule has 6 heteroatoms. The molecule has 1 fully saturated rings. The van der Waals surface area contributed by atoms with Crippen LogP contribution in [0.5, 0.6) is 0 Å². The van der Waals surface area contributed by atoms with Gasteiger partial charge in [0.2, 0.25) is 5.91 Å². The van der Waals surface area contributed by atoms with Crippen LogP contribution in [0.3, 0.4) is 0 Å². The van der Waals surface area contributed by atoms with Crippen LogP contribution in [-0.4, -0.2) is 59.6 Å². The van der Waals surface area contributed by atoms with Gasteiger partial charge in [-0.25, -0.2) is 0 Å². The van der Waals surface area contributed by atoms with Gasteiger partial charge < -0.3 is 15.3 Å². The summed E-state index contributed by atoms with van der Waals surface area (Å²) in [7, 11) is 0. The molecule has 2 N–H and O–H groups in total. The van der Waals surface area contributed by atoms with E-state index in [1.807, 2.05) is 0 Å². The fourth-order valence-electron chi connectivity index (χ4n) is 2.00. The van der Waals surface area contributed by atoms with Gasteiger partial charge >= 0.3 is 5.97 Å². The number of carboxylic acids is 1. The Morgan fingerprint density at radius 3 is 2.56 bits per heavy atom. The Labute approximate surface area is 112 Å². The van der Waals surface area contributed by atoms with Gasteiger partial charge in [0.1, 0.15) is 0 Å². The Hall–Kier alpha value is -0.750. The van der Waals surface area contributed by atoms with Gasteiger partial charge in [-0.05, 0) is 38.9 Å². The summed E-state index contributed by atoms with van der Waals surface area (Å²) in [5.41, 5.74) is 0. The summed E-state index contributed by atoms with van der Waals surface area (Å²) in [6.07, 6.45) is 4.89. The van der Waals surface area contributed by atoms with E-state index in [2.05, 4.69) is 10.2 Å². The van der Waals surface area contributed by atoms with Crippen LogP contribution in [-0.2, 0) is 9.59 Å². The molecule has 1 amide bonds. The van der Waals surface area contributed by atoms with Gasteiger partial charge in [-0.2, -0.15) is 0 Å². The maximum atomic E-state index is 11.3. The van der Waals surface area contributed by atoms with Crippen LogP contribution < -0.4 is 5.32 Å². The molecule has 1 rings (SSSR count). The summed E-state index contributed by atoms with van der Waals surface area (Å²) in [6, 6.07) is 0. The van der Waals surface area contributed by atoms with E-state index in [1.165, 1.54) is 32.4 Å². The number of piperidine rings is 1.